The number of aryl methyl sites for hydroxylation is 1. The zero-order valence-electron chi connectivity index (χ0n) is 18.0. The SMILES string of the molecule is CN=C(NCc1c(O)ccc2c1CCCC2)NCC1CN(CC(C)C)CCO1.I. The second-order valence-corrected chi connectivity index (χ2v) is 8.36. The van der Waals surface area contributed by atoms with Gasteiger partial charge >= 0.3 is 0 Å². The smallest absolute Gasteiger partial charge is 0.191 e. The predicted octanol–water partition coefficient (Wildman–Crippen LogP) is 2.91. The van der Waals surface area contributed by atoms with Crippen molar-refractivity contribution in [3.63, 3.8) is 0 Å². The topological polar surface area (TPSA) is 69.1 Å². The van der Waals surface area contributed by atoms with Crippen LogP contribution in [0.15, 0.2) is 17.1 Å². The van der Waals surface area contributed by atoms with Crippen LogP contribution in [0.25, 0.3) is 0 Å². The van der Waals surface area contributed by atoms with Crippen LogP contribution in [0.4, 0.5) is 0 Å². The summed E-state index contributed by atoms with van der Waals surface area (Å²) in [7, 11) is 1.78. The lowest BCUT2D eigenvalue weighted by molar-refractivity contribution is -0.0284. The Balaban J connectivity index is 0.00000300. The number of morpholine rings is 1. The van der Waals surface area contributed by atoms with Gasteiger partial charge in [-0.2, -0.15) is 0 Å². The van der Waals surface area contributed by atoms with E-state index in [-0.39, 0.29) is 30.1 Å². The molecule has 1 saturated heterocycles. The first-order valence-corrected chi connectivity index (χ1v) is 10.7. The average Bonchev–Trinajstić information content (AvgIpc) is 2.69. The lowest BCUT2D eigenvalue weighted by atomic mass is 9.88. The van der Waals surface area contributed by atoms with E-state index in [4.69, 9.17) is 4.74 Å². The third kappa shape index (κ3) is 7.00. The highest BCUT2D eigenvalue weighted by Gasteiger charge is 2.21. The number of phenolic OH excluding ortho intramolecular Hbond substituents is 1. The number of aliphatic imine (C=N–C) groups is 1. The normalized spacial score (nSPS) is 20.1. The van der Waals surface area contributed by atoms with Crippen LogP contribution in [0.2, 0.25) is 0 Å². The van der Waals surface area contributed by atoms with E-state index in [0.29, 0.717) is 18.2 Å². The van der Waals surface area contributed by atoms with Gasteiger partial charge < -0.3 is 20.5 Å². The summed E-state index contributed by atoms with van der Waals surface area (Å²) in [5, 5.41) is 17.1. The van der Waals surface area contributed by atoms with Gasteiger partial charge in [-0.25, -0.2) is 0 Å². The van der Waals surface area contributed by atoms with E-state index in [1.165, 1.54) is 24.0 Å². The molecule has 1 fully saturated rings. The van der Waals surface area contributed by atoms with Gasteiger partial charge in [0.1, 0.15) is 5.75 Å². The summed E-state index contributed by atoms with van der Waals surface area (Å²) in [5.74, 6) is 1.80. The van der Waals surface area contributed by atoms with Gasteiger partial charge in [-0.1, -0.05) is 19.9 Å². The summed E-state index contributed by atoms with van der Waals surface area (Å²) in [5.41, 5.74) is 3.70. The molecule has 1 aliphatic carbocycles. The van der Waals surface area contributed by atoms with Crippen LogP contribution in [0.5, 0.6) is 5.75 Å². The molecule has 0 amide bonds. The maximum Gasteiger partial charge on any atom is 0.191 e. The number of hydrogen-bond donors (Lipinski definition) is 3. The van der Waals surface area contributed by atoms with Crippen LogP contribution in [-0.4, -0.2) is 61.9 Å². The molecule has 7 heteroatoms. The van der Waals surface area contributed by atoms with E-state index in [1.807, 2.05) is 6.07 Å². The Morgan fingerprint density at radius 3 is 2.83 bits per heavy atom. The van der Waals surface area contributed by atoms with Gasteiger partial charge in [0.25, 0.3) is 0 Å². The van der Waals surface area contributed by atoms with Crippen molar-refractivity contribution in [1.29, 1.82) is 0 Å². The number of phenols is 1. The number of guanidine groups is 1. The van der Waals surface area contributed by atoms with Gasteiger partial charge in [0.05, 0.1) is 12.7 Å². The summed E-state index contributed by atoms with van der Waals surface area (Å²) >= 11 is 0. The van der Waals surface area contributed by atoms with E-state index < -0.39 is 0 Å². The van der Waals surface area contributed by atoms with Crippen LogP contribution in [-0.2, 0) is 24.1 Å². The summed E-state index contributed by atoms with van der Waals surface area (Å²) in [6, 6.07) is 3.90. The lowest BCUT2D eigenvalue weighted by Gasteiger charge is -2.34. The third-order valence-electron chi connectivity index (χ3n) is 5.63. The highest BCUT2D eigenvalue weighted by molar-refractivity contribution is 14.0. The number of aromatic hydroxyl groups is 1. The van der Waals surface area contributed by atoms with Crippen molar-refractivity contribution in [2.24, 2.45) is 10.9 Å². The molecule has 0 aromatic heterocycles. The van der Waals surface area contributed by atoms with Crippen LogP contribution in [0.1, 0.15) is 43.4 Å². The fraction of sp³-hybridized carbons (Fsp3) is 0.682. The number of halogens is 1. The highest BCUT2D eigenvalue weighted by Crippen LogP contribution is 2.30. The van der Waals surface area contributed by atoms with Crippen molar-refractivity contribution < 1.29 is 9.84 Å². The van der Waals surface area contributed by atoms with Gasteiger partial charge in [-0.3, -0.25) is 9.89 Å². The second-order valence-electron chi connectivity index (χ2n) is 8.36. The molecule has 1 atom stereocenters. The summed E-state index contributed by atoms with van der Waals surface area (Å²) in [6.45, 7) is 9.70. The summed E-state index contributed by atoms with van der Waals surface area (Å²) < 4.78 is 5.91. The maximum atomic E-state index is 10.4. The minimum absolute atomic E-state index is 0. The van der Waals surface area contributed by atoms with E-state index in [2.05, 4.69) is 40.4 Å². The Morgan fingerprint density at radius 1 is 1.28 bits per heavy atom. The number of nitrogens with one attached hydrogen (secondary N) is 2. The van der Waals surface area contributed by atoms with Crippen molar-refractivity contribution in [3.8, 4) is 5.75 Å². The maximum absolute atomic E-state index is 10.4. The van der Waals surface area contributed by atoms with Crippen LogP contribution in [0.3, 0.4) is 0 Å². The molecule has 1 unspecified atom stereocenters. The Bertz CT molecular complexity index is 681. The molecule has 0 spiro atoms. The molecule has 164 valence electrons. The fourth-order valence-corrected chi connectivity index (χ4v) is 4.28. The van der Waals surface area contributed by atoms with Gasteiger partial charge in [0.2, 0.25) is 0 Å². The van der Waals surface area contributed by atoms with Crippen LogP contribution < -0.4 is 10.6 Å². The molecule has 2 aliphatic rings. The standard InChI is InChI=1S/C22H36N4O2.HI/c1-16(2)14-26-10-11-28-18(15-26)12-24-22(23-3)25-13-20-19-7-5-4-6-17(19)8-9-21(20)27;/h8-9,16,18,27H,4-7,10-15H2,1-3H3,(H2,23,24,25);1H. The number of nitrogens with zero attached hydrogens (tertiary/aromatic N) is 2. The molecule has 1 aromatic carbocycles. The Labute approximate surface area is 192 Å². The lowest BCUT2D eigenvalue weighted by Crippen LogP contribution is -2.50. The molecule has 3 rings (SSSR count). The zero-order chi connectivity index (χ0) is 19.9. The highest BCUT2D eigenvalue weighted by atomic mass is 127. The molecule has 0 saturated carbocycles. The molecule has 0 radical (unpaired) electrons. The minimum atomic E-state index is 0. The zero-order valence-corrected chi connectivity index (χ0v) is 20.4. The summed E-state index contributed by atoms with van der Waals surface area (Å²) in [4.78, 5) is 6.82. The Hall–Kier alpha value is -1.06. The molecule has 0 bridgehead atoms. The second kappa shape index (κ2) is 12.0. The molecule has 29 heavy (non-hydrogen) atoms. The van der Waals surface area contributed by atoms with E-state index >= 15 is 0 Å². The molecule has 6 nitrogen and oxygen atoms in total. The molecular formula is C22H37IN4O2. The number of fused-ring (bicyclic) bond motifs is 1. The van der Waals surface area contributed by atoms with Gasteiger partial charge in [0, 0.05) is 45.3 Å². The monoisotopic (exact) mass is 516 g/mol. The van der Waals surface area contributed by atoms with Crippen molar-refractivity contribution in [2.75, 3.05) is 39.8 Å². The van der Waals surface area contributed by atoms with E-state index in [1.54, 1.807) is 7.05 Å². The number of rotatable bonds is 6. The predicted molar refractivity (Wildman–Crippen MR) is 129 cm³/mol. The number of benzene rings is 1. The van der Waals surface area contributed by atoms with Gasteiger partial charge in [-0.05, 0) is 48.8 Å². The number of ether oxygens (including phenoxy) is 1. The first kappa shape index (κ1) is 24.2. The van der Waals surface area contributed by atoms with Crippen molar-refractivity contribution in [2.45, 2.75) is 52.2 Å². The Kier molecular flexibility index (Phi) is 9.98. The van der Waals surface area contributed by atoms with Crippen LogP contribution >= 0.6 is 24.0 Å². The fourth-order valence-electron chi connectivity index (χ4n) is 4.28. The third-order valence-corrected chi connectivity index (χ3v) is 5.63. The molecule has 1 aromatic rings. The molecule has 1 aliphatic heterocycles. The first-order valence-electron chi connectivity index (χ1n) is 10.7. The van der Waals surface area contributed by atoms with Crippen molar-refractivity contribution in [3.05, 3.63) is 28.8 Å². The molecule has 1 heterocycles. The number of hydrogen-bond acceptors (Lipinski definition) is 4. The van der Waals surface area contributed by atoms with Crippen molar-refractivity contribution in [1.82, 2.24) is 15.5 Å². The molecule has 3 N–H and O–H groups in total. The quantitative estimate of drug-likeness (QED) is 0.308. The summed E-state index contributed by atoms with van der Waals surface area (Å²) in [6.07, 6.45) is 4.77. The first-order chi connectivity index (χ1) is 13.6. The van der Waals surface area contributed by atoms with Gasteiger partial charge in [0.15, 0.2) is 5.96 Å². The van der Waals surface area contributed by atoms with Gasteiger partial charge in [-0.15, -0.1) is 24.0 Å². The average molecular weight is 516 g/mol. The largest absolute Gasteiger partial charge is 0.508 e. The minimum Gasteiger partial charge on any atom is -0.508 e. The van der Waals surface area contributed by atoms with Crippen LogP contribution in [0, 0.1) is 5.92 Å². The molecular weight excluding hydrogens is 479 g/mol. The van der Waals surface area contributed by atoms with E-state index in [9.17, 15) is 5.11 Å². The van der Waals surface area contributed by atoms with Crippen molar-refractivity contribution >= 4 is 29.9 Å². The van der Waals surface area contributed by atoms with E-state index in [0.717, 1.165) is 57.2 Å². The Morgan fingerprint density at radius 2 is 2.07 bits per heavy atom.